The van der Waals surface area contributed by atoms with Crippen LogP contribution in [0.5, 0.6) is 11.5 Å². The highest BCUT2D eigenvalue weighted by Gasteiger charge is 2.11. The Kier molecular flexibility index (Phi) is 5.54. The molecule has 0 spiro atoms. The van der Waals surface area contributed by atoms with E-state index in [0.29, 0.717) is 18.0 Å². The number of amides is 1. The molecule has 4 nitrogen and oxygen atoms in total. The summed E-state index contributed by atoms with van der Waals surface area (Å²) in [5, 5.41) is 12.7. The highest BCUT2D eigenvalue weighted by Crippen LogP contribution is 2.22. The van der Waals surface area contributed by atoms with E-state index in [1.807, 2.05) is 37.3 Å². The van der Waals surface area contributed by atoms with Crippen molar-refractivity contribution in [2.45, 2.75) is 13.3 Å². The summed E-state index contributed by atoms with van der Waals surface area (Å²) in [4.78, 5) is 12.4. The van der Waals surface area contributed by atoms with Gasteiger partial charge in [0.15, 0.2) is 0 Å². The molecule has 3 aromatic rings. The largest absolute Gasteiger partial charge is 0.507 e. The van der Waals surface area contributed by atoms with Crippen molar-refractivity contribution in [3.05, 3.63) is 89.5 Å². The van der Waals surface area contributed by atoms with Crippen LogP contribution >= 0.6 is 0 Å². The second-order valence-corrected chi connectivity index (χ2v) is 6.09. The average Bonchev–Trinajstić information content (AvgIpc) is 2.65. The minimum Gasteiger partial charge on any atom is -0.507 e. The molecule has 0 fully saturated rings. The van der Waals surface area contributed by atoms with Crippen LogP contribution in [0.3, 0.4) is 0 Å². The maximum atomic E-state index is 12.4. The van der Waals surface area contributed by atoms with Crippen molar-refractivity contribution in [3.8, 4) is 11.5 Å². The number of nitrogens with one attached hydrogen (secondary N) is 1. The van der Waals surface area contributed by atoms with Gasteiger partial charge in [-0.3, -0.25) is 4.79 Å². The van der Waals surface area contributed by atoms with E-state index in [1.165, 1.54) is 11.6 Å². The van der Waals surface area contributed by atoms with E-state index in [1.54, 1.807) is 24.3 Å². The zero-order valence-electron chi connectivity index (χ0n) is 14.6. The first-order chi connectivity index (χ1) is 12.6. The number of phenols is 1. The van der Waals surface area contributed by atoms with Gasteiger partial charge in [-0.1, -0.05) is 48.0 Å². The van der Waals surface area contributed by atoms with Crippen molar-refractivity contribution in [3.63, 3.8) is 0 Å². The van der Waals surface area contributed by atoms with Gasteiger partial charge in [-0.25, -0.2) is 0 Å². The fourth-order valence-electron chi connectivity index (χ4n) is 2.63. The molecule has 2 N–H and O–H groups in total. The molecule has 1 amide bonds. The Morgan fingerprint density at radius 2 is 1.81 bits per heavy atom. The molecule has 0 atom stereocenters. The summed E-state index contributed by atoms with van der Waals surface area (Å²) in [6.45, 7) is 2.43. The quantitative estimate of drug-likeness (QED) is 0.686. The topological polar surface area (TPSA) is 58.6 Å². The van der Waals surface area contributed by atoms with E-state index in [0.717, 1.165) is 12.0 Å². The zero-order valence-corrected chi connectivity index (χ0v) is 14.6. The summed E-state index contributed by atoms with van der Waals surface area (Å²) >= 11 is 0. The normalized spacial score (nSPS) is 10.3. The van der Waals surface area contributed by atoms with Gasteiger partial charge in [0.25, 0.3) is 5.91 Å². The molecule has 0 bridgehead atoms. The van der Waals surface area contributed by atoms with Crippen LogP contribution in [0.1, 0.15) is 21.5 Å². The van der Waals surface area contributed by atoms with Crippen molar-refractivity contribution in [2.75, 3.05) is 11.9 Å². The van der Waals surface area contributed by atoms with Gasteiger partial charge in [0.2, 0.25) is 0 Å². The molecule has 4 heteroatoms. The van der Waals surface area contributed by atoms with Gasteiger partial charge < -0.3 is 15.2 Å². The van der Waals surface area contributed by atoms with Crippen LogP contribution < -0.4 is 10.1 Å². The number of hydrogen-bond donors (Lipinski definition) is 2. The summed E-state index contributed by atoms with van der Waals surface area (Å²) in [7, 11) is 0. The third kappa shape index (κ3) is 4.63. The van der Waals surface area contributed by atoms with Gasteiger partial charge in [0.1, 0.15) is 11.5 Å². The number of hydrogen-bond acceptors (Lipinski definition) is 3. The van der Waals surface area contributed by atoms with E-state index < -0.39 is 0 Å². The Morgan fingerprint density at radius 1 is 1.00 bits per heavy atom. The Bertz CT molecular complexity index is 891. The molecule has 3 aromatic carbocycles. The van der Waals surface area contributed by atoms with Crippen LogP contribution in [-0.4, -0.2) is 17.6 Å². The Labute approximate surface area is 153 Å². The first-order valence-corrected chi connectivity index (χ1v) is 8.49. The molecule has 26 heavy (non-hydrogen) atoms. The van der Waals surface area contributed by atoms with Crippen molar-refractivity contribution in [1.82, 2.24) is 0 Å². The summed E-state index contributed by atoms with van der Waals surface area (Å²) in [6, 6.07) is 22.3. The van der Waals surface area contributed by atoms with Gasteiger partial charge in [-0.05, 0) is 36.8 Å². The third-order valence-corrected chi connectivity index (χ3v) is 3.99. The van der Waals surface area contributed by atoms with Crippen LogP contribution in [-0.2, 0) is 6.42 Å². The Balaban J connectivity index is 1.62. The van der Waals surface area contributed by atoms with Crippen molar-refractivity contribution in [1.29, 1.82) is 0 Å². The summed E-state index contributed by atoms with van der Waals surface area (Å²) < 4.78 is 5.78. The predicted octanol–water partition coefficient (Wildman–Crippen LogP) is 4.57. The number of benzene rings is 3. The highest BCUT2D eigenvalue weighted by molar-refractivity contribution is 6.06. The lowest BCUT2D eigenvalue weighted by Gasteiger charge is -2.10. The molecule has 0 radical (unpaired) electrons. The number of aryl methyl sites for hydroxylation is 1. The van der Waals surface area contributed by atoms with Crippen LogP contribution in [0.2, 0.25) is 0 Å². The van der Waals surface area contributed by atoms with Crippen LogP contribution in [0.25, 0.3) is 0 Å². The Hall–Kier alpha value is -3.27. The lowest BCUT2D eigenvalue weighted by atomic mass is 10.1. The van der Waals surface area contributed by atoms with Crippen LogP contribution in [0, 0.1) is 6.92 Å². The number of aromatic hydroxyl groups is 1. The van der Waals surface area contributed by atoms with Gasteiger partial charge >= 0.3 is 0 Å². The first kappa shape index (κ1) is 17.5. The number of rotatable bonds is 6. The van der Waals surface area contributed by atoms with E-state index in [4.69, 9.17) is 4.74 Å². The maximum absolute atomic E-state index is 12.4. The average molecular weight is 347 g/mol. The molecular formula is C22H21NO3. The number of anilines is 1. The Morgan fingerprint density at radius 3 is 2.62 bits per heavy atom. The zero-order chi connectivity index (χ0) is 18.4. The molecule has 0 aliphatic heterocycles. The van der Waals surface area contributed by atoms with E-state index in [-0.39, 0.29) is 17.2 Å². The van der Waals surface area contributed by atoms with Crippen molar-refractivity contribution < 1.29 is 14.6 Å². The molecule has 0 aliphatic rings. The lowest BCUT2D eigenvalue weighted by molar-refractivity contribution is 0.102. The smallest absolute Gasteiger partial charge is 0.259 e. The lowest BCUT2D eigenvalue weighted by Crippen LogP contribution is -2.12. The minimum atomic E-state index is -0.354. The third-order valence-electron chi connectivity index (χ3n) is 3.99. The van der Waals surface area contributed by atoms with Crippen molar-refractivity contribution >= 4 is 11.6 Å². The maximum Gasteiger partial charge on any atom is 0.259 e. The van der Waals surface area contributed by atoms with Gasteiger partial charge in [0, 0.05) is 18.2 Å². The number of ether oxygens (including phenoxy) is 1. The molecule has 0 aromatic heterocycles. The first-order valence-electron chi connectivity index (χ1n) is 8.49. The molecule has 0 saturated heterocycles. The fraction of sp³-hybridized carbons (Fsp3) is 0.136. The monoisotopic (exact) mass is 347 g/mol. The number of carbonyl (C=O) groups is 1. The van der Waals surface area contributed by atoms with Crippen molar-refractivity contribution in [2.24, 2.45) is 0 Å². The minimum absolute atomic E-state index is 0.0386. The molecule has 0 saturated carbocycles. The van der Waals surface area contributed by atoms with Gasteiger partial charge in [-0.15, -0.1) is 0 Å². The molecule has 3 rings (SSSR count). The standard InChI is InChI=1S/C22H21NO3/c1-16-10-11-21(24)20(14-16)22(25)23-18-8-5-9-19(15-18)26-13-12-17-6-3-2-4-7-17/h2-11,14-15,24H,12-13H2,1H3,(H,23,25). The predicted molar refractivity (Wildman–Crippen MR) is 103 cm³/mol. The molecule has 132 valence electrons. The second-order valence-electron chi connectivity index (χ2n) is 6.09. The van der Waals surface area contributed by atoms with Crippen LogP contribution in [0.15, 0.2) is 72.8 Å². The fourth-order valence-corrected chi connectivity index (χ4v) is 2.63. The van der Waals surface area contributed by atoms with E-state index in [2.05, 4.69) is 17.4 Å². The summed E-state index contributed by atoms with van der Waals surface area (Å²) in [6.07, 6.45) is 0.814. The van der Waals surface area contributed by atoms with E-state index in [9.17, 15) is 9.90 Å². The van der Waals surface area contributed by atoms with E-state index >= 15 is 0 Å². The second kappa shape index (κ2) is 8.21. The van der Waals surface area contributed by atoms with Gasteiger partial charge in [0.05, 0.1) is 12.2 Å². The summed E-state index contributed by atoms with van der Waals surface area (Å²) in [5.41, 5.74) is 2.99. The van der Waals surface area contributed by atoms with Crippen LogP contribution in [0.4, 0.5) is 5.69 Å². The SMILES string of the molecule is Cc1ccc(O)c(C(=O)Nc2cccc(OCCc3ccccc3)c2)c1. The number of carbonyl (C=O) groups excluding carboxylic acids is 1. The number of phenolic OH excluding ortho intramolecular Hbond substituents is 1. The molecular weight excluding hydrogens is 326 g/mol. The molecule has 0 unspecified atom stereocenters. The summed E-state index contributed by atoms with van der Waals surface area (Å²) in [5.74, 6) is 0.295. The molecule has 0 aliphatic carbocycles. The highest BCUT2D eigenvalue weighted by atomic mass is 16.5. The molecule has 0 heterocycles. The van der Waals surface area contributed by atoms with Gasteiger partial charge in [-0.2, -0.15) is 0 Å².